The average molecular weight is 249 g/mol. The highest BCUT2D eigenvalue weighted by Crippen LogP contribution is 2.29. The van der Waals surface area contributed by atoms with Crippen LogP contribution in [0.25, 0.3) is 0 Å². The van der Waals surface area contributed by atoms with Crippen molar-refractivity contribution in [1.82, 2.24) is 4.31 Å². The molecule has 16 heavy (non-hydrogen) atoms. The molecule has 5 nitrogen and oxygen atoms in total. The van der Waals surface area contributed by atoms with Gasteiger partial charge in [0.05, 0.1) is 12.4 Å². The SMILES string of the molecule is CCCS(=O)(=O)N(CC(=O)OCC)C1CC1. The second-order valence-corrected chi connectivity index (χ2v) is 5.94. The van der Waals surface area contributed by atoms with Crippen LogP contribution in [0, 0.1) is 0 Å². The summed E-state index contributed by atoms with van der Waals surface area (Å²) in [6.07, 6.45) is 2.26. The van der Waals surface area contributed by atoms with Gasteiger partial charge in [0.2, 0.25) is 10.0 Å². The molecule has 0 amide bonds. The van der Waals surface area contributed by atoms with Gasteiger partial charge in [0.25, 0.3) is 0 Å². The van der Waals surface area contributed by atoms with Gasteiger partial charge in [-0.3, -0.25) is 4.79 Å². The second kappa shape index (κ2) is 5.63. The minimum absolute atomic E-state index is 0.0148. The number of rotatable bonds is 7. The van der Waals surface area contributed by atoms with Crippen LogP contribution in [-0.2, 0) is 19.6 Å². The lowest BCUT2D eigenvalue weighted by molar-refractivity contribution is -0.143. The minimum Gasteiger partial charge on any atom is -0.465 e. The Morgan fingerprint density at radius 2 is 2.00 bits per heavy atom. The number of ether oxygens (including phenoxy) is 1. The van der Waals surface area contributed by atoms with Crippen LogP contribution in [0.5, 0.6) is 0 Å². The molecule has 1 aliphatic carbocycles. The van der Waals surface area contributed by atoms with Crippen LogP contribution in [0.3, 0.4) is 0 Å². The van der Waals surface area contributed by atoms with Crippen LogP contribution in [0.2, 0.25) is 0 Å². The first-order valence-corrected chi connectivity index (χ1v) is 7.27. The molecule has 1 fully saturated rings. The Balaban J connectivity index is 2.64. The molecule has 0 N–H and O–H groups in total. The van der Waals surface area contributed by atoms with Crippen molar-refractivity contribution in [2.45, 2.75) is 39.2 Å². The molecule has 0 spiro atoms. The van der Waals surface area contributed by atoms with E-state index in [4.69, 9.17) is 4.74 Å². The molecule has 1 aliphatic rings. The summed E-state index contributed by atoms with van der Waals surface area (Å²) in [6.45, 7) is 3.67. The van der Waals surface area contributed by atoms with Gasteiger partial charge in [-0.05, 0) is 26.2 Å². The second-order valence-electron chi connectivity index (χ2n) is 3.90. The largest absolute Gasteiger partial charge is 0.465 e. The summed E-state index contributed by atoms with van der Waals surface area (Å²) in [5.41, 5.74) is 0. The molecule has 0 atom stereocenters. The molecular formula is C10H19NO4S. The van der Waals surface area contributed by atoms with Gasteiger partial charge in [0.15, 0.2) is 0 Å². The standard InChI is InChI=1S/C10H19NO4S/c1-3-7-16(13,14)11(9-5-6-9)8-10(12)15-4-2/h9H,3-8H2,1-2H3. The fourth-order valence-electron chi connectivity index (χ4n) is 1.53. The van der Waals surface area contributed by atoms with Gasteiger partial charge in [-0.1, -0.05) is 6.92 Å². The van der Waals surface area contributed by atoms with Gasteiger partial charge in [-0.15, -0.1) is 0 Å². The van der Waals surface area contributed by atoms with Crippen molar-refractivity contribution in [1.29, 1.82) is 0 Å². The Hall–Kier alpha value is -0.620. The van der Waals surface area contributed by atoms with E-state index >= 15 is 0 Å². The molecule has 0 bridgehead atoms. The Morgan fingerprint density at radius 1 is 1.38 bits per heavy atom. The molecular weight excluding hydrogens is 230 g/mol. The van der Waals surface area contributed by atoms with Gasteiger partial charge >= 0.3 is 5.97 Å². The van der Waals surface area contributed by atoms with Gasteiger partial charge in [0, 0.05) is 6.04 Å². The van der Waals surface area contributed by atoms with Crippen molar-refractivity contribution in [3.8, 4) is 0 Å². The van der Waals surface area contributed by atoms with E-state index in [0.29, 0.717) is 6.42 Å². The van der Waals surface area contributed by atoms with Gasteiger partial charge < -0.3 is 4.74 Å². The topological polar surface area (TPSA) is 63.7 Å². The summed E-state index contributed by atoms with van der Waals surface area (Å²) in [4.78, 5) is 11.3. The molecule has 0 aromatic rings. The van der Waals surface area contributed by atoms with E-state index in [0.717, 1.165) is 12.8 Å². The molecule has 94 valence electrons. The lowest BCUT2D eigenvalue weighted by Gasteiger charge is -2.20. The quantitative estimate of drug-likeness (QED) is 0.625. The Kier molecular flexibility index (Phi) is 4.73. The maximum atomic E-state index is 11.9. The third-order valence-electron chi connectivity index (χ3n) is 2.36. The molecule has 0 aliphatic heterocycles. The summed E-state index contributed by atoms with van der Waals surface area (Å²) in [5, 5.41) is 0. The fourth-order valence-corrected chi connectivity index (χ4v) is 3.24. The molecule has 0 heterocycles. The first-order chi connectivity index (χ1) is 7.51. The van der Waals surface area contributed by atoms with E-state index in [2.05, 4.69) is 0 Å². The number of carbonyl (C=O) groups excluding carboxylic acids is 1. The smallest absolute Gasteiger partial charge is 0.321 e. The maximum Gasteiger partial charge on any atom is 0.321 e. The minimum atomic E-state index is -3.29. The highest BCUT2D eigenvalue weighted by molar-refractivity contribution is 7.89. The van der Waals surface area contributed by atoms with Crippen molar-refractivity contribution in [3.05, 3.63) is 0 Å². The van der Waals surface area contributed by atoms with Gasteiger partial charge in [-0.2, -0.15) is 4.31 Å². The molecule has 0 aromatic carbocycles. The zero-order valence-electron chi connectivity index (χ0n) is 9.81. The zero-order valence-corrected chi connectivity index (χ0v) is 10.6. The average Bonchev–Trinajstić information content (AvgIpc) is 2.97. The van der Waals surface area contributed by atoms with Crippen molar-refractivity contribution in [3.63, 3.8) is 0 Å². The van der Waals surface area contributed by atoms with Crippen LogP contribution >= 0.6 is 0 Å². The molecule has 1 rings (SSSR count). The highest BCUT2D eigenvalue weighted by Gasteiger charge is 2.38. The Labute approximate surface area is 96.8 Å². The lowest BCUT2D eigenvalue weighted by atomic mass is 10.6. The Morgan fingerprint density at radius 3 is 2.44 bits per heavy atom. The van der Waals surface area contributed by atoms with E-state index in [1.807, 2.05) is 6.92 Å². The van der Waals surface area contributed by atoms with Crippen LogP contribution in [0.15, 0.2) is 0 Å². The van der Waals surface area contributed by atoms with Crippen molar-refractivity contribution >= 4 is 16.0 Å². The highest BCUT2D eigenvalue weighted by atomic mass is 32.2. The van der Waals surface area contributed by atoms with Gasteiger partial charge in [-0.25, -0.2) is 8.42 Å². The van der Waals surface area contributed by atoms with E-state index < -0.39 is 16.0 Å². The third-order valence-corrected chi connectivity index (χ3v) is 4.43. The van der Waals surface area contributed by atoms with Gasteiger partial charge in [0.1, 0.15) is 6.54 Å². The zero-order chi connectivity index (χ0) is 12.2. The van der Waals surface area contributed by atoms with Crippen LogP contribution in [-0.4, -0.2) is 43.6 Å². The maximum absolute atomic E-state index is 11.9. The predicted octanol–water partition coefficient (Wildman–Crippen LogP) is 0.754. The van der Waals surface area contributed by atoms with Crippen LogP contribution in [0.4, 0.5) is 0 Å². The molecule has 0 saturated heterocycles. The van der Waals surface area contributed by atoms with E-state index in [1.165, 1.54) is 4.31 Å². The van der Waals surface area contributed by atoms with E-state index in [9.17, 15) is 13.2 Å². The van der Waals surface area contributed by atoms with Crippen molar-refractivity contribution < 1.29 is 17.9 Å². The third kappa shape index (κ3) is 3.75. The summed E-state index contributed by atoms with van der Waals surface area (Å²) in [6, 6.07) is 0.0148. The van der Waals surface area contributed by atoms with Crippen LogP contribution in [0.1, 0.15) is 33.1 Å². The molecule has 1 saturated carbocycles. The number of hydrogen-bond donors (Lipinski definition) is 0. The molecule has 0 radical (unpaired) electrons. The number of nitrogens with zero attached hydrogens (tertiary/aromatic N) is 1. The number of sulfonamides is 1. The fraction of sp³-hybridized carbons (Fsp3) is 0.900. The molecule has 6 heteroatoms. The Bertz CT molecular complexity index is 335. The first-order valence-electron chi connectivity index (χ1n) is 5.66. The summed E-state index contributed by atoms with van der Waals surface area (Å²) in [7, 11) is -3.29. The molecule has 0 unspecified atom stereocenters. The van der Waals surface area contributed by atoms with Crippen LogP contribution < -0.4 is 0 Å². The summed E-state index contributed by atoms with van der Waals surface area (Å²) in [5.74, 6) is -0.364. The number of esters is 1. The monoisotopic (exact) mass is 249 g/mol. The van der Waals surface area contributed by atoms with Crippen molar-refractivity contribution in [2.24, 2.45) is 0 Å². The van der Waals surface area contributed by atoms with E-state index in [-0.39, 0.29) is 24.9 Å². The lowest BCUT2D eigenvalue weighted by Crippen LogP contribution is -2.39. The van der Waals surface area contributed by atoms with Crippen molar-refractivity contribution in [2.75, 3.05) is 18.9 Å². The summed E-state index contributed by atoms with van der Waals surface area (Å²) < 4.78 is 29.8. The number of hydrogen-bond acceptors (Lipinski definition) is 4. The normalized spacial score (nSPS) is 16.4. The van der Waals surface area contributed by atoms with E-state index in [1.54, 1.807) is 6.92 Å². The molecule has 0 aromatic heterocycles. The first kappa shape index (κ1) is 13.4. The number of carbonyl (C=O) groups is 1. The predicted molar refractivity (Wildman–Crippen MR) is 60.4 cm³/mol. The summed E-state index contributed by atoms with van der Waals surface area (Å²) >= 11 is 0.